The van der Waals surface area contributed by atoms with Crippen molar-refractivity contribution in [3.8, 4) is 11.3 Å². The van der Waals surface area contributed by atoms with Crippen molar-refractivity contribution in [2.75, 3.05) is 5.32 Å². The van der Waals surface area contributed by atoms with E-state index in [2.05, 4.69) is 15.4 Å². The van der Waals surface area contributed by atoms with Crippen molar-refractivity contribution in [2.24, 2.45) is 0 Å². The number of hydrogen-bond acceptors (Lipinski definition) is 6. The highest BCUT2D eigenvalue weighted by Crippen LogP contribution is 2.36. The average molecular weight is 479 g/mol. The van der Waals surface area contributed by atoms with Gasteiger partial charge in [-0.05, 0) is 57.4 Å². The van der Waals surface area contributed by atoms with Crippen LogP contribution in [0.3, 0.4) is 0 Å². The highest BCUT2D eigenvalue weighted by Gasteiger charge is 2.26. The van der Waals surface area contributed by atoms with E-state index in [1.807, 2.05) is 36.9 Å². The molecule has 9 heteroatoms. The molecular formula is C25H23ClN4O4. The van der Waals surface area contributed by atoms with E-state index in [4.69, 9.17) is 16.0 Å². The molecule has 3 aromatic heterocycles. The number of carboxylic acid groups (broad SMARTS) is 1. The fraction of sp³-hybridized carbons (Fsp3) is 0.280. The summed E-state index contributed by atoms with van der Waals surface area (Å²) in [5, 5.41) is 17.7. The summed E-state index contributed by atoms with van der Waals surface area (Å²) >= 11 is 5.89. The van der Waals surface area contributed by atoms with Crippen LogP contribution in [-0.4, -0.2) is 25.8 Å². The van der Waals surface area contributed by atoms with E-state index in [0.717, 1.165) is 29.5 Å². The molecule has 34 heavy (non-hydrogen) atoms. The molecule has 174 valence electrons. The second-order valence-corrected chi connectivity index (χ2v) is 9.14. The largest absolute Gasteiger partial charge is 0.476 e. The maximum absolute atomic E-state index is 13.3. The minimum atomic E-state index is -1.19. The lowest BCUT2D eigenvalue weighted by molar-refractivity contribution is 0.0691. The molecule has 5 rings (SSSR count). The number of nitrogens with one attached hydrogen (secondary N) is 1. The number of carbonyl (C=O) groups is 1. The van der Waals surface area contributed by atoms with Crippen LogP contribution in [0.1, 0.15) is 59.0 Å². The summed E-state index contributed by atoms with van der Waals surface area (Å²) < 4.78 is 8.29. The molecular weight excluding hydrogens is 456 g/mol. The number of nitrogens with zero attached hydrogens (tertiary/aromatic N) is 3. The zero-order chi connectivity index (χ0) is 24.1. The van der Waals surface area contributed by atoms with Gasteiger partial charge in [0, 0.05) is 17.3 Å². The van der Waals surface area contributed by atoms with Crippen molar-refractivity contribution in [2.45, 2.75) is 45.7 Å². The van der Waals surface area contributed by atoms with Crippen LogP contribution in [0.25, 0.3) is 22.3 Å². The van der Waals surface area contributed by atoms with E-state index in [-0.39, 0.29) is 16.3 Å². The van der Waals surface area contributed by atoms with Crippen molar-refractivity contribution in [1.29, 1.82) is 0 Å². The second kappa shape index (κ2) is 8.29. The molecule has 1 aromatic carbocycles. The fourth-order valence-electron chi connectivity index (χ4n) is 4.18. The average Bonchev–Trinajstić information content (AvgIpc) is 3.54. The summed E-state index contributed by atoms with van der Waals surface area (Å²) in [6, 6.07) is 6.87. The van der Waals surface area contributed by atoms with E-state index >= 15 is 0 Å². The molecule has 1 saturated carbocycles. The number of hydrogen-bond donors (Lipinski definition) is 2. The van der Waals surface area contributed by atoms with E-state index in [0.29, 0.717) is 34.0 Å². The Balaban J connectivity index is 1.63. The Morgan fingerprint density at radius 2 is 2.06 bits per heavy atom. The Morgan fingerprint density at radius 1 is 1.29 bits per heavy atom. The molecule has 0 amide bonds. The lowest BCUT2D eigenvalue weighted by atomic mass is 9.99. The standard InChI is InChI=1S/C25H23ClN4O4/c1-12-8-17(14(3)28-19-6-7-20(26)29-21(19)25(32)33)24-18(9-12)22(31)13(2)23(34-24)15-10-27-30(11-15)16-4-5-16/h6-11,14,16,28H,4-5H2,1-3H3,(H,32,33). The molecule has 0 saturated heterocycles. The fourth-order valence-corrected chi connectivity index (χ4v) is 4.33. The van der Waals surface area contributed by atoms with Gasteiger partial charge in [-0.1, -0.05) is 17.7 Å². The van der Waals surface area contributed by atoms with Crippen molar-refractivity contribution in [3.05, 3.63) is 74.4 Å². The Labute approximate surface area is 200 Å². The van der Waals surface area contributed by atoms with Gasteiger partial charge in [-0.15, -0.1) is 0 Å². The predicted molar refractivity (Wildman–Crippen MR) is 130 cm³/mol. The molecule has 2 N–H and O–H groups in total. The normalized spacial score (nSPS) is 14.4. The van der Waals surface area contributed by atoms with Crippen molar-refractivity contribution in [3.63, 3.8) is 0 Å². The summed E-state index contributed by atoms with van der Waals surface area (Å²) in [5.74, 6) is -0.704. The molecule has 1 aliphatic carbocycles. The SMILES string of the molecule is Cc1cc(C(C)Nc2ccc(Cl)nc2C(=O)O)c2oc(-c3cnn(C4CC4)c3)c(C)c(=O)c2c1. The summed E-state index contributed by atoms with van der Waals surface area (Å²) in [7, 11) is 0. The Bertz CT molecular complexity index is 1500. The van der Waals surface area contributed by atoms with Gasteiger partial charge in [0.05, 0.1) is 34.9 Å². The molecule has 0 aliphatic heterocycles. The van der Waals surface area contributed by atoms with E-state index in [1.165, 1.54) is 6.07 Å². The summed E-state index contributed by atoms with van der Waals surface area (Å²) in [4.78, 5) is 28.9. The topological polar surface area (TPSA) is 110 Å². The highest BCUT2D eigenvalue weighted by atomic mass is 35.5. The Kier molecular flexibility index (Phi) is 5.40. The number of aromatic carboxylic acids is 1. The lowest BCUT2D eigenvalue weighted by Gasteiger charge is -2.19. The number of carboxylic acids is 1. The third kappa shape index (κ3) is 3.94. The maximum atomic E-state index is 13.3. The molecule has 1 fully saturated rings. The van der Waals surface area contributed by atoms with Crippen LogP contribution in [0.5, 0.6) is 0 Å². The van der Waals surface area contributed by atoms with Crippen LogP contribution in [0, 0.1) is 13.8 Å². The van der Waals surface area contributed by atoms with Crippen molar-refractivity contribution < 1.29 is 14.3 Å². The Morgan fingerprint density at radius 3 is 2.76 bits per heavy atom. The summed E-state index contributed by atoms with van der Waals surface area (Å²) in [6.07, 6.45) is 5.85. The minimum Gasteiger partial charge on any atom is -0.476 e. The van der Waals surface area contributed by atoms with Gasteiger partial charge in [0.2, 0.25) is 0 Å². The number of anilines is 1. The van der Waals surface area contributed by atoms with Gasteiger partial charge in [0.25, 0.3) is 0 Å². The third-order valence-corrected chi connectivity index (χ3v) is 6.29. The molecule has 0 radical (unpaired) electrons. The monoisotopic (exact) mass is 478 g/mol. The lowest BCUT2D eigenvalue weighted by Crippen LogP contribution is -2.14. The molecule has 1 atom stereocenters. The first-order chi connectivity index (χ1) is 16.2. The molecule has 3 heterocycles. The van der Waals surface area contributed by atoms with Crippen molar-refractivity contribution in [1.82, 2.24) is 14.8 Å². The van der Waals surface area contributed by atoms with Crippen LogP contribution in [-0.2, 0) is 0 Å². The van der Waals surface area contributed by atoms with E-state index in [9.17, 15) is 14.7 Å². The van der Waals surface area contributed by atoms with E-state index in [1.54, 1.807) is 19.2 Å². The first-order valence-corrected chi connectivity index (χ1v) is 11.4. The van der Waals surface area contributed by atoms with Crippen LogP contribution in [0.15, 0.2) is 45.9 Å². The van der Waals surface area contributed by atoms with Gasteiger partial charge < -0.3 is 14.8 Å². The first-order valence-electron chi connectivity index (χ1n) is 11.0. The van der Waals surface area contributed by atoms with Gasteiger partial charge >= 0.3 is 5.97 Å². The molecule has 4 aromatic rings. The maximum Gasteiger partial charge on any atom is 0.356 e. The number of aromatic nitrogens is 3. The number of aryl methyl sites for hydroxylation is 1. The van der Waals surface area contributed by atoms with Crippen LogP contribution < -0.4 is 10.7 Å². The second-order valence-electron chi connectivity index (χ2n) is 8.76. The number of pyridine rings is 1. The number of halogens is 1. The minimum absolute atomic E-state index is 0.0921. The molecule has 1 unspecified atom stereocenters. The summed E-state index contributed by atoms with van der Waals surface area (Å²) in [6.45, 7) is 5.54. The van der Waals surface area contributed by atoms with Gasteiger partial charge in [0.15, 0.2) is 11.1 Å². The van der Waals surface area contributed by atoms with Crippen LogP contribution in [0.4, 0.5) is 5.69 Å². The smallest absolute Gasteiger partial charge is 0.356 e. The van der Waals surface area contributed by atoms with Gasteiger partial charge in [-0.2, -0.15) is 5.10 Å². The van der Waals surface area contributed by atoms with Crippen LogP contribution >= 0.6 is 11.6 Å². The molecule has 0 bridgehead atoms. The quantitative estimate of drug-likeness (QED) is 0.350. The first kappa shape index (κ1) is 22.2. The van der Waals surface area contributed by atoms with Crippen molar-refractivity contribution >= 4 is 34.2 Å². The molecule has 0 spiro atoms. The zero-order valence-electron chi connectivity index (χ0n) is 18.9. The Hall–Kier alpha value is -3.65. The number of fused-ring (bicyclic) bond motifs is 1. The number of benzene rings is 1. The molecule has 1 aliphatic rings. The third-order valence-electron chi connectivity index (χ3n) is 6.08. The van der Waals surface area contributed by atoms with Gasteiger partial charge in [0.1, 0.15) is 16.5 Å². The van der Waals surface area contributed by atoms with Gasteiger partial charge in [-0.3, -0.25) is 9.48 Å². The number of rotatable bonds is 6. The van der Waals surface area contributed by atoms with Gasteiger partial charge in [-0.25, -0.2) is 9.78 Å². The predicted octanol–water partition coefficient (Wildman–Crippen LogP) is 5.53. The summed E-state index contributed by atoms with van der Waals surface area (Å²) in [5.41, 5.74) is 3.39. The van der Waals surface area contributed by atoms with Crippen LogP contribution in [0.2, 0.25) is 5.15 Å². The van der Waals surface area contributed by atoms with E-state index < -0.39 is 12.0 Å². The highest BCUT2D eigenvalue weighted by molar-refractivity contribution is 6.29. The zero-order valence-corrected chi connectivity index (χ0v) is 19.7. The molecule has 8 nitrogen and oxygen atoms in total.